The van der Waals surface area contributed by atoms with Gasteiger partial charge >= 0.3 is 5.97 Å². The second-order valence-electron chi connectivity index (χ2n) is 5.52. The Hall–Kier alpha value is -2.85. The van der Waals surface area contributed by atoms with Crippen LogP contribution in [0.2, 0.25) is 0 Å². The lowest BCUT2D eigenvalue weighted by Gasteiger charge is -2.09. The highest BCUT2D eigenvalue weighted by Gasteiger charge is 2.19. The van der Waals surface area contributed by atoms with E-state index in [2.05, 4.69) is 11.1 Å². The van der Waals surface area contributed by atoms with Crippen LogP contribution in [0.15, 0.2) is 22.6 Å². The zero-order valence-electron chi connectivity index (χ0n) is 13.3. The molecule has 3 rings (SSSR count). The standard InChI is InChI=1S/C17H14N2O4S/c1-8(2)22-12-4-10-6-13(24-15(10)11(5-12)7-18)16-19-9(3)14(23-16)17(20)21/h4-6,8H,1-3H3,(H,20,21). The van der Waals surface area contributed by atoms with Gasteiger partial charge in [0.1, 0.15) is 11.8 Å². The van der Waals surface area contributed by atoms with Crippen molar-refractivity contribution in [2.75, 3.05) is 0 Å². The first kappa shape index (κ1) is 16.0. The Morgan fingerprint density at radius 2 is 2.17 bits per heavy atom. The van der Waals surface area contributed by atoms with Crippen LogP contribution in [-0.4, -0.2) is 22.2 Å². The third kappa shape index (κ3) is 2.84. The average molecular weight is 342 g/mol. The third-order valence-electron chi connectivity index (χ3n) is 3.28. The lowest BCUT2D eigenvalue weighted by atomic mass is 10.1. The molecule has 0 saturated carbocycles. The summed E-state index contributed by atoms with van der Waals surface area (Å²) in [4.78, 5) is 15.9. The number of aryl methyl sites for hydroxylation is 1. The zero-order chi connectivity index (χ0) is 17.4. The molecule has 0 atom stereocenters. The summed E-state index contributed by atoms with van der Waals surface area (Å²) in [5.41, 5.74) is 0.820. The van der Waals surface area contributed by atoms with E-state index in [-0.39, 0.29) is 17.8 Å². The molecule has 7 heteroatoms. The molecule has 2 aromatic heterocycles. The predicted octanol–water partition coefficient (Wildman–Crippen LogP) is 4.22. The van der Waals surface area contributed by atoms with Crippen molar-refractivity contribution in [3.8, 4) is 22.6 Å². The minimum Gasteiger partial charge on any atom is -0.491 e. The summed E-state index contributed by atoms with van der Waals surface area (Å²) >= 11 is 1.34. The van der Waals surface area contributed by atoms with Crippen molar-refractivity contribution in [2.45, 2.75) is 26.9 Å². The van der Waals surface area contributed by atoms with Crippen molar-refractivity contribution in [1.82, 2.24) is 4.98 Å². The number of hydrogen-bond acceptors (Lipinski definition) is 6. The Kier molecular flexibility index (Phi) is 3.99. The number of ether oxygens (including phenoxy) is 1. The number of benzene rings is 1. The molecular formula is C17H14N2O4S. The van der Waals surface area contributed by atoms with Gasteiger partial charge in [-0.25, -0.2) is 9.78 Å². The normalized spacial score (nSPS) is 11.0. The molecule has 0 saturated heterocycles. The Morgan fingerprint density at radius 3 is 2.75 bits per heavy atom. The molecule has 0 amide bonds. The highest BCUT2D eigenvalue weighted by molar-refractivity contribution is 7.22. The van der Waals surface area contributed by atoms with E-state index in [1.807, 2.05) is 26.0 Å². The molecule has 1 aromatic carbocycles. The maximum Gasteiger partial charge on any atom is 0.373 e. The minimum atomic E-state index is -1.15. The summed E-state index contributed by atoms with van der Waals surface area (Å²) in [7, 11) is 0. The summed E-state index contributed by atoms with van der Waals surface area (Å²) in [6.07, 6.45) is -0.000358. The second kappa shape index (κ2) is 5.98. The Balaban J connectivity index is 2.13. The number of oxazole rings is 1. The fourth-order valence-corrected chi connectivity index (χ4v) is 3.39. The van der Waals surface area contributed by atoms with E-state index < -0.39 is 5.97 Å². The van der Waals surface area contributed by atoms with Crippen LogP contribution in [0.5, 0.6) is 5.75 Å². The number of carbonyl (C=O) groups is 1. The topological polar surface area (TPSA) is 96.4 Å². The SMILES string of the molecule is Cc1nc(-c2cc3cc(OC(C)C)cc(C#N)c3s2)oc1C(=O)O. The molecule has 0 unspecified atom stereocenters. The summed E-state index contributed by atoms with van der Waals surface area (Å²) in [5, 5.41) is 19.3. The maximum atomic E-state index is 11.1. The van der Waals surface area contributed by atoms with Gasteiger partial charge in [0.15, 0.2) is 0 Å². The van der Waals surface area contributed by atoms with Gasteiger partial charge in [-0.05, 0) is 44.4 Å². The van der Waals surface area contributed by atoms with E-state index in [0.29, 0.717) is 21.9 Å². The van der Waals surface area contributed by atoms with Crippen molar-refractivity contribution in [3.05, 3.63) is 35.2 Å². The number of nitrogens with zero attached hydrogens (tertiary/aromatic N) is 2. The predicted molar refractivity (Wildman–Crippen MR) is 89.5 cm³/mol. The Labute approximate surface area is 141 Å². The van der Waals surface area contributed by atoms with Crippen molar-refractivity contribution in [2.24, 2.45) is 0 Å². The van der Waals surface area contributed by atoms with Gasteiger partial charge in [0.2, 0.25) is 11.7 Å². The molecule has 0 fully saturated rings. The number of hydrogen-bond donors (Lipinski definition) is 1. The molecule has 0 bridgehead atoms. The van der Waals surface area contributed by atoms with E-state index >= 15 is 0 Å². The minimum absolute atomic E-state index is 0.000358. The fraction of sp³-hybridized carbons (Fsp3) is 0.235. The van der Waals surface area contributed by atoms with E-state index in [0.717, 1.165) is 10.1 Å². The molecule has 1 N–H and O–H groups in total. The molecule has 0 radical (unpaired) electrons. The number of aromatic carboxylic acids is 1. The zero-order valence-corrected chi connectivity index (χ0v) is 14.1. The van der Waals surface area contributed by atoms with Gasteiger partial charge in [-0.15, -0.1) is 11.3 Å². The first-order chi connectivity index (χ1) is 11.4. The maximum absolute atomic E-state index is 11.1. The monoisotopic (exact) mass is 342 g/mol. The number of rotatable bonds is 4. The van der Waals surface area contributed by atoms with E-state index in [4.69, 9.17) is 14.3 Å². The molecular weight excluding hydrogens is 328 g/mol. The van der Waals surface area contributed by atoms with Crippen molar-refractivity contribution in [1.29, 1.82) is 5.26 Å². The first-order valence-corrected chi connectivity index (χ1v) is 8.06. The summed E-state index contributed by atoms with van der Waals surface area (Å²) in [5.74, 6) is -0.473. The van der Waals surface area contributed by atoms with Crippen molar-refractivity contribution >= 4 is 27.4 Å². The highest BCUT2D eigenvalue weighted by Crippen LogP contribution is 2.38. The molecule has 0 aliphatic rings. The first-order valence-electron chi connectivity index (χ1n) is 7.24. The van der Waals surface area contributed by atoms with E-state index in [1.54, 1.807) is 13.0 Å². The molecule has 0 spiro atoms. The van der Waals surface area contributed by atoms with Crippen LogP contribution in [0.25, 0.3) is 20.9 Å². The Morgan fingerprint density at radius 1 is 1.42 bits per heavy atom. The molecule has 24 heavy (non-hydrogen) atoms. The van der Waals surface area contributed by atoms with Crippen molar-refractivity contribution < 1.29 is 19.1 Å². The number of thiophene rings is 1. The second-order valence-corrected chi connectivity index (χ2v) is 6.57. The molecule has 0 aliphatic carbocycles. The number of fused-ring (bicyclic) bond motifs is 1. The number of nitriles is 1. The molecule has 2 heterocycles. The van der Waals surface area contributed by atoms with Gasteiger partial charge in [-0.2, -0.15) is 5.26 Å². The van der Waals surface area contributed by atoms with Crippen LogP contribution in [0.3, 0.4) is 0 Å². The van der Waals surface area contributed by atoms with E-state index in [9.17, 15) is 10.1 Å². The highest BCUT2D eigenvalue weighted by atomic mass is 32.1. The van der Waals surface area contributed by atoms with Gasteiger partial charge in [-0.1, -0.05) is 0 Å². The van der Waals surface area contributed by atoms with Crippen LogP contribution in [0, 0.1) is 18.3 Å². The largest absolute Gasteiger partial charge is 0.491 e. The molecule has 122 valence electrons. The van der Waals surface area contributed by atoms with Crippen LogP contribution >= 0.6 is 11.3 Å². The number of aromatic nitrogens is 1. The van der Waals surface area contributed by atoms with Crippen LogP contribution < -0.4 is 4.74 Å². The number of carboxylic acid groups (broad SMARTS) is 1. The van der Waals surface area contributed by atoms with Crippen molar-refractivity contribution in [3.63, 3.8) is 0 Å². The fourth-order valence-electron chi connectivity index (χ4n) is 2.35. The van der Waals surface area contributed by atoms with Gasteiger partial charge in [0.05, 0.1) is 26.9 Å². The van der Waals surface area contributed by atoms with Crippen LogP contribution in [0.1, 0.15) is 35.7 Å². The van der Waals surface area contributed by atoms with Gasteiger partial charge < -0.3 is 14.3 Å². The van der Waals surface area contributed by atoms with Gasteiger partial charge in [0, 0.05) is 0 Å². The quantitative estimate of drug-likeness (QED) is 0.762. The van der Waals surface area contributed by atoms with Gasteiger partial charge in [-0.3, -0.25) is 0 Å². The summed E-state index contributed by atoms with van der Waals surface area (Å²) in [6, 6.07) is 7.54. The van der Waals surface area contributed by atoms with E-state index in [1.165, 1.54) is 11.3 Å². The van der Waals surface area contributed by atoms with Crippen LogP contribution in [-0.2, 0) is 0 Å². The lowest BCUT2D eigenvalue weighted by Crippen LogP contribution is -2.05. The van der Waals surface area contributed by atoms with Gasteiger partial charge in [0.25, 0.3) is 0 Å². The average Bonchev–Trinajstić information content (AvgIpc) is 3.08. The molecule has 0 aliphatic heterocycles. The van der Waals surface area contributed by atoms with Crippen LogP contribution in [0.4, 0.5) is 0 Å². The lowest BCUT2D eigenvalue weighted by molar-refractivity contribution is 0.0662. The third-order valence-corrected chi connectivity index (χ3v) is 4.46. The summed E-state index contributed by atoms with van der Waals surface area (Å²) in [6.45, 7) is 5.41. The smallest absolute Gasteiger partial charge is 0.373 e. The number of carboxylic acids is 1. The molecule has 6 nitrogen and oxygen atoms in total. The summed E-state index contributed by atoms with van der Waals surface area (Å²) < 4.78 is 11.8. The molecule has 3 aromatic rings. The Bertz CT molecular complexity index is 979.